The molecule has 0 aromatic rings. The third-order valence-electron chi connectivity index (χ3n) is 3.71. The van der Waals surface area contributed by atoms with E-state index in [0.29, 0.717) is 5.92 Å². The summed E-state index contributed by atoms with van der Waals surface area (Å²) in [6.07, 6.45) is 2.33. The van der Waals surface area contributed by atoms with E-state index in [2.05, 4.69) is 29.2 Å². The van der Waals surface area contributed by atoms with Crippen LogP contribution in [0, 0.1) is 5.92 Å². The standard InChI is InChI=1S/C14H30N4O/c1-14(2,15)13(19)16-11-12-5-7-18(8-6-12)10-9-17(3)4/h12H,5-11,15H2,1-4H3,(H,16,19). The first-order valence-electron chi connectivity index (χ1n) is 7.23. The number of hydrogen-bond acceptors (Lipinski definition) is 4. The minimum absolute atomic E-state index is 0.0532. The summed E-state index contributed by atoms with van der Waals surface area (Å²) in [5.41, 5.74) is 4.99. The first-order valence-corrected chi connectivity index (χ1v) is 7.23. The minimum Gasteiger partial charge on any atom is -0.354 e. The number of rotatable bonds is 6. The molecule has 0 atom stereocenters. The van der Waals surface area contributed by atoms with Crippen LogP contribution in [0.1, 0.15) is 26.7 Å². The lowest BCUT2D eigenvalue weighted by Gasteiger charge is -2.33. The van der Waals surface area contributed by atoms with Crippen LogP contribution in [0.4, 0.5) is 0 Å². The molecule has 1 heterocycles. The van der Waals surface area contributed by atoms with Crippen LogP contribution < -0.4 is 11.1 Å². The fraction of sp³-hybridized carbons (Fsp3) is 0.929. The molecule has 0 bridgehead atoms. The van der Waals surface area contributed by atoms with E-state index >= 15 is 0 Å². The Balaban J connectivity index is 2.18. The summed E-state index contributed by atoms with van der Waals surface area (Å²) in [5.74, 6) is 0.546. The van der Waals surface area contributed by atoms with Crippen LogP contribution in [0.15, 0.2) is 0 Å². The molecule has 1 rings (SSSR count). The van der Waals surface area contributed by atoms with Gasteiger partial charge in [0.15, 0.2) is 0 Å². The average molecular weight is 270 g/mol. The van der Waals surface area contributed by atoms with Gasteiger partial charge in [0.25, 0.3) is 0 Å². The Labute approximate surface area is 117 Å². The number of likely N-dealkylation sites (N-methyl/N-ethyl adjacent to an activating group) is 1. The Morgan fingerprint density at radius 2 is 1.95 bits per heavy atom. The highest BCUT2D eigenvalue weighted by molar-refractivity contribution is 5.84. The number of nitrogens with two attached hydrogens (primary N) is 1. The molecular formula is C14H30N4O. The molecule has 112 valence electrons. The number of carbonyl (C=O) groups excluding carboxylic acids is 1. The molecule has 5 nitrogen and oxygen atoms in total. The maximum absolute atomic E-state index is 11.7. The predicted molar refractivity (Wildman–Crippen MR) is 79.0 cm³/mol. The van der Waals surface area contributed by atoms with Crippen molar-refractivity contribution >= 4 is 5.91 Å². The summed E-state index contributed by atoms with van der Waals surface area (Å²) in [5, 5.41) is 2.97. The summed E-state index contributed by atoms with van der Waals surface area (Å²) in [6, 6.07) is 0. The highest BCUT2D eigenvalue weighted by atomic mass is 16.2. The Morgan fingerprint density at radius 3 is 2.42 bits per heavy atom. The molecule has 0 radical (unpaired) electrons. The van der Waals surface area contributed by atoms with Crippen molar-refractivity contribution < 1.29 is 4.79 Å². The summed E-state index contributed by atoms with van der Waals surface area (Å²) >= 11 is 0. The maximum Gasteiger partial charge on any atom is 0.239 e. The minimum atomic E-state index is -0.771. The first kappa shape index (κ1) is 16.4. The number of carbonyl (C=O) groups is 1. The van der Waals surface area contributed by atoms with Crippen LogP contribution in [0.5, 0.6) is 0 Å². The zero-order valence-corrected chi connectivity index (χ0v) is 12.9. The number of nitrogens with zero attached hydrogens (tertiary/aromatic N) is 2. The molecule has 0 aromatic carbocycles. The number of nitrogens with one attached hydrogen (secondary N) is 1. The van der Waals surface area contributed by atoms with E-state index in [1.165, 1.54) is 12.8 Å². The first-order chi connectivity index (χ1) is 8.79. The topological polar surface area (TPSA) is 61.6 Å². The van der Waals surface area contributed by atoms with E-state index in [9.17, 15) is 4.79 Å². The van der Waals surface area contributed by atoms with Gasteiger partial charge in [-0.2, -0.15) is 0 Å². The highest BCUT2D eigenvalue weighted by Gasteiger charge is 2.24. The van der Waals surface area contributed by atoms with E-state index in [4.69, 9.17) is 5.73 Å². The molecule has 1 aliphatic rings. The van der Waals surface area contributed by atoms with Crippen molar-refractivity contribution in [1.29, 1.82) is 0 Å². The maximum atomic E-state index is 11.7. The molecule has 1 fully saturated rings. The van der Waals surface area contributed by atoms with Gasteiger partial charge >= 0.3 is 0 Å². The van der Waals surface area contributed by atoms with Crippen molar-refractivity contribution in [1.82, 2.24) is 15.1 Å². The fourth-order valence-electron chi connectivity index (χ4n) is 2.22. The average Bonchev–Trinajstić information content (AvgIpc) is 2.33. The normalized spacial score (nSPS) is 18.8. The third kappa shape index (κ3) is 6.36. The van der Waals surface area contributed by atoms with Crippen molar-refractivity contribution in [3.05, 3.63) is 0 Å². The van der Waals surface area contributed by atoms with Gasteiger partial charge in [0.1, 0.15) is 0 Å². The Bertz CT molecular complexity index is 278. The van der Waals surface area contributed by atoms with Crippen LogP contribution in [0.25, 0.3) is 0 Å². The Hall–Kier alpha value is -0.650. The zero-order valence-electron chi connectivity index (χ0n) is 12.9. The summed E-state index contributed by atoms with van der Waals surface area (Å²) in [4.78, 5) is 16.4. The summed E-state index contributed by atoms with van der Waals surface area (Å²) in [6.45, 7) is 8.78. The van der Waals surface area contributed by atoms with Crippen LogP contribution in [-0.2, 0) is 4.79 Å². The van der Waals surface area contributed by atoms with Gasteiger partial charge in [-0.25, -0.2) is 0 Å². The third-order valence-corrected chi connectivity index (χ3v) is 3.71. The largest absolute Gasteiger partial charge is 0.354 e. The van der Waals surface area contributed by atoms with E-state index in [1.807, 2.05) is 0 Å². The van der Waals surface area contributed by atoms with Crippen LogP contribution in [-0.4, -0.2) is 68.1 Å². The number of amides is 1. The lowest BCUT2D eigenvalue weighted by Crippen LogP contribution is -2.50. The van der Waals surface area contributed by atoms with Gasteiger partial charge in [0.05, 0.1) is 5.54 Å². The van der Waals surface area contributed by atoms with Gasteiger partial charge in [-0.1, -0.05) is 0 Å². The quantitative estimate of drug-likeness (QED) is 0.719. The monoisotopic (exact) mass is 270 g/mol. The van der Waals surface area contributed by atoms with Crippen LogP contribution in [0.3, 0.4) is 0 Å². The second-order valence-corrected chi connectivity index (χ2v) is 6.52. The SMILES string of the molecule is CN(C)CCN1CCC(CNC(=O)C(C)(C)N)CC1. The lowest BCUT2D eigenvalue weighted by atomic mass is 9.96. The molecule has 1 saturated heterocycles. The second-order valence-electron chi connectivity index (χ2n) is 6.52. The second kappa shape index (κ2) is 7.22. The van der Waals surface area contributed by atoms with Gasteiger partial charge < -0.3 is 20.9 Å². The van der Waals surface area contributed by atoms with Crippen molar-refractivity contribution in [2.75, 3.05) is 46.8 Å². The smallest absolute Gasteiger partial charge is 0.239 e. The van der Waals surface area contributed by atoms with E-state index in [0.717, 1.165) is 32.7 Å². The molecule has 0 aliphatic carbocycles. The van der Waals surface area contributed by atoms with Crippen molar-refractivity contribution in [2.45, 2.75) is 32.2 Å². The number of piperidine rings is 1. The highest BCUT2D eigenvalue weighted by Crippen LogP contribution is 2.16. The molecule has 0 saturated carbocycles. The molecule has 0 spiro atoms. The molecule has 1 amide bonds. The molecule has 0 unspecified atom stereocenters. The Morgan fingerprint density at radius 1 is 1.37 bits per heavy atom. The van der Waals surface area contributed by atoms with E-state index in [-0.39, 0.29) is 5.91 Å². The lowest BCUT2D eigenvalue weighted by molar-refractivity contribution is -0.125. The van der Waals surface area contributed by atoms with Gasteiger partial charge in [-0.3, -0.25) is 4.79 Å². The van der Waals surface area contributed by atoms with Crippen LogP contribution >= 0.6 is 0 Å². The predicted octanol–water partition coefficient (Wildman–Crippen LogP) is 0.114. The van der Waals surface area contributed by atoms with Gasteiger partial charge in [-0.05, 0) is 59.8 Å². The molecular weight excluding hydrogens is 240 g/mol. The Kier molecular flexibility index (Phi) is 6.23. The molecule has 1 aliphatic heterocycles. The van der Waals surface area contributed by atoms with Crippen LogP contribution in [0.2, 0.25) is 0 Å². The zero-order chi connectivity index (χ0) is 14.5. The number of hydrogen-bond donors (Lipinski definition) is 2. The molecule has 0 aromatic heterocycles. The molecule has 19 heavy (non-hydrogen) atoms. The fourth-order valence-corrected chi connectivity index (χ4v) is 2.22. The van der Waals surface area contributed by atoms with Crippen molar-refractivity contribution in [3.8, 4) is 0 Å². The van der Waals surface area contributed by atoms with E-state index < -0.39 is 5.54 Å². The number of likely N-dealkylation sites (tertiary alicyclic amines) is 1. The van der Waals surface area contributed by atoms with Gasteiger partial charge in [-0.15, -0.1) is 0 Å². The van der Waals surface area contributed by atoms with E-state index in [1.54, 1.807) is 13.8 Å². The van der Waals surface area contributed by atoms with Crippen molar-refractivity contribution in [2.24, 2.45) is 11.7 Å². The van der Waals surface area contributed by atoms with Gasteiger partial charge in [0.2, 0.25) is 5.91 Å². The molecule has 3 N–H and O–H groups in total. The van der Waals surface area contributed by atoms with Gasteiger partial charge in [0, 0.05) is 19.6 Å². The van der Waals surface area contributed by atoms with Crippen molar-refractivity contribution in [3.63, 3.8) is 0 Å². The summed E-state index contributed by atoms with van der Waals surface area (Å²) in [7, 11) is 4.22. The molecule has 5 heteroatoms. The summed E-state index contributed by atoms with van der Waals surface area (Å²) < 4.78 is 0.